The second kappa shape index (κ2) is 9.73. The van der Waals surface area contributed by atoms with E-state index in [0.29, 0.717) is 18.5 Å². The Morgan fingerprint density at radius 1 is 1.27 bits per heavy atom. The zero-order chi connectivity index (χ0) is 22.4. The Balaban J connectivity index is 0.000000396. The zero-order valence-electron chi connectivity index (χ0n) is 16.3. The molecule has 0 unspecified atom stereocenters. The quantitative estimate of drug-likeness (QED) is 0.720. The van der Waals surface area contributed by atoms with Gasteiger partial charge in [-0.05, 0) is 44.2 Å². The van der Waals surface area contributed by atoms with Gasteiger partial charge in [-0.25, -0.2) is 4.79 Å². The third-order valence-corrected chi connectivity index (χ3v) is 5.43. The maximum Gasteiger partial charge on any atom is 0.490 e. The van der Waals surface area contributed by atoms with Gasteiger partial charge in [-0.15, -0.1) is 6.58 Å². The van der Waals surface area contributed by atoms with Crippen molar-refractivity contribution in [3.63, 3.8) is 0 Å². The fourth-order valence-electron chi connectivity index (χ4n) is 3.89. The zero-order valence-corrected chi connectivity index (χ0v) is 16.3. The van der Waals surface area contributed by atoms with Crippen LogP contribution in [0.1, 0.15) is 48.9 Å². The molecule has 0 atom stereocenters. The first kappa shape index (κ1) is 23.4. The predicted molar refractivity (Wildman–Crippen MR) is 102 cm³/mol. The molecule has 2 heterocycles. The second-order valence-electron chi connectivity index (χ2n) is 7.30. The molecular weight excluding hydrogens is 403 g/mol. The van der Waals surface area contributed by atoms with Crippen LogP contribution in [0.5, 0.6) is 0 Å². The highest BCUT2D eigenvalue weighted by atomic mass is 19.4. The van der Waals surface area contributed by atoms with E-state index in [1.54, 1.807) is 24.5 Å². The van der Waals surface area contributed by atoms with Crippen LogP contribution in [0, 0.1) is 0 Å². The molecule has 0 bridgehead atoms. The van der Waals surface area contributed by atoms with Crippen LogP contribution in [0.15, 0.2) is 37.2 Å². The molecule has 3 rings (SSSR count). The Morgan fingerprint density at radius 2 is 1.83 bits per heavy atom. The summed E-state index contributed by atoms with van der Waals surface area (Å²) >= 11 is 0. The number of halogens is 3. The highest BCUT2D eigenvalue weighted by molar-refractivity contribution is 5.94. The minimum Gasteiger partial charge on any atom is -0.475 e. The van der Waals surface area contributed by atoms with E-state index in [2.05, 4.69) is 16.9 Å². The minimum atomic E-state index is -5.08. The topological polar surface area (TPSA) is 99.6 Å². The minimum absolute atomic E-state index is 0.0107. The molecule has 2 amide bonds. The van der Waals surface area contributed by atoms with Crippen molar-refractivity contribution in [2.45, 2.75) is 56.3 Å². The van der Waals surface area contributed by atoms with Crippen LogP contribution in [0.4, 0.5) is 13.2 Å². The Morgan fingerprint density at radius 3 is 2.33 bits per heavy atom. The summed E-state index contributed by atoms with van der Waals surface area (Å²) in [4.78, 5) is 39.1. The average Bonchev–Trinajstić information content (AvgIpc) is 3.00. The number of carbonyl (C=O) groups excluding carboxylic acids is 2. The molecule has 2 N–H and O–H groups in total. The van der Waals surface area contributed by atoms with Crippen LogP contribution >= 0.6 is 0 Å². The first-order valence-corrected chi connectivity index (χ1v) is 9.51. The molecule has 164 valence electrons. The van der Waals surface area contributed by atoms with Crippen molar-refractivity contribution in [3.8, 4) is 0 Å². The molecule has 30 heavy (non-hydrogen) atoms. The standard InChI is InChI=1S/C18H23N3O2.C2HF3O2/c1-2-13-21-16(22)5-10-18(21)8-3-15(4-9-18)20-17(23)14-6-11-19-12-7-14;3-2(4,5)1(6)7/h2,6-7,11-12,15H,1,3-5,8-10,13H2,(H,20,23);(H,6,7). The number of nitrogens with zero attached hydrogens (tertiary/aromatic N) is 2. The van der Waals surface area contributed by atoms with Crippen LogP contribution in [0.25, 0.3) is 0 Å². The molecule has 2 fully saturated rings. The van der Waals surface area contributed by atoms with Gasteiger partial charge in [0.15, 0.2) is 0 Å². The summed E-state index contributed by atoms with van der Waals surface area (Å²) in [5, 5.41) is 10.2. The van der Waals surface area contributed by atoms with Gasteiger partial charge in [0.1, 0.15) is 0 Å². The van der Waals surface area contributed by atoms with E-state index < -0.39 is 12.1 Å². The summed E-state index contributed by atoms with van der Waals surface area (Å²) in [6, 6.07) is 3.63. The molecule has 0 radical (unpaired) electrons. The van der Waals surface area contributed by atoms with Crippen molar-refractivity contribution in [2.75, 3.05) is 6.54 Å². The smallest absolute Gasteiger partial charge is 0.475 e. The normalized spacial score (nSPS) is 23.5. The Hall–Kier alpha value is -2.91. The Kier molecular flexibility index (Phi) is 7.58. The lowest BCUT2D eigenvalue weighted by atomic mass is 9.77. The first-order chi connectivity index (χ1) is 14.1. The van der Waals surface area contributed by atoms with E-state index in [9.17, 15) is 22.8 Å². The van der Waals surface area contributed by atoms with Gasteiger partial charge in [-0.2, -0.15) is 13.2 Å². The van der Waals surface area contributed by atoms with E-state index in [-0.39, 0.29) is 23.4 Å². The third kappa shape index (κ3) is 5.80. The number of amides is 2. The molecule has 1 spiro atoms. The lowest BCUT2D eigenvalue weighted by molar-refractivity contribution is -0.192. The van der Waals surface area contributed by atoms with Crippen molar-refractivity contribution in [3.05, 3.63) is 42.7 Å². The number of carboxylic acids is 1. The molecule has 10 heteroatoms. The summed E-state index contributed by atoms with van der Waals surface area (Å²) in [5.41, 5.74) is 0.632. The number of carboxylic acid groups (broad SMARTS) is 1. The fourth-order valence-corrected chi connectivity index (χ4v) is 3.89. The summed E-state index contributed by atoms with van der Waals surface area (Å²) in [6.45, 7) is 4.40. The lowest BCUT2D eigenvalue weighted by Gasteiger charge is -2.43. The number of alkyl halides is 3. The van der Waals surface area contributed by atoms with Crippen LogP contribution in [-0.4, -0.2) is 57.1 Å². The van der Waals surface area contributed by atoms with Crippen molar-refractivity contribution in [1.82, 2.24) is 15.2 Å². The maximum atomic E-state index is 12.2. The van der Waals surface area contributed by atoms with Gasteiger partial charge in [0, 0.05) is 42.5 Å². The highest BCUT2D eigenvalue weighted by Gasteiger charge is 2.46. The molecule has 1 saturated heterocycles. The number of aliphatic carboxylic acids is 1. The van der Waals surface area contributed by atoms with Crippen LogP contribution < -0.4 is 5.32 Å². The summed E-state index contributed by atoms with van der Waals surface area (Å²) < 4.78 is 31.7. The number of aromatic nitrogens is 1. The van der Waals surface area contributed by atoms with Gasteiger partial charge in [-0.3, -0.25) is 14.6 Å². The number of carbonyl (C=O) groups is 3. The largest absolute Gasteiger partial charge is 0.490 e. The van der Waals surface area contributed by atoms with Gasteiger partial charge in [0.05, 0.1) is 0 Å². The van der Waals surface area contributed by atoms with Gasteiger partial charge in [0.25, 0.3) is 5.91 Å². The SMILES string of the molecule is C=CCN1C(=O)CCC12CCC(NC(=O)c1ccncc1)CC2.O=C(O)C(F)(F)F. The first-order valence-electron chi connectivity index (χ1n) is 9.51. The molecule has 1 aromatic heterocycles. The van der Waals surface area contributed by atoms with E-state index >= 15 is 0 Å². The van der Waals surface area contributed by atoms with Gasteiger partial charge < -0.3 is 15.3 Å². The number of nitrogens with one attached hydrogen (secondary N) is 1. The molecule has 1 aliphatic carbocycles. The number of hydrogen-bond donors (Lipinski definition) is 2. The number of hydrogen-bond acceptors (Lipinski definition) is 4. The van der Waals surface area contributed by atoms with Crippen molar-refractivity contribution in [1.29, 1.82) is 0 Å². The van der Waals surface area contributed by atoms with Crippen LogP contribution in [0.3, 0.4) is 0 Å². The molecule has 1 aromatic rings. The number of pyridine rings is 1. The molecule has 2 aliphatic rings. The van der Waals surface area contributed by atoms with Crippen LogP contribution in [0.2, 0.25) is 0 Å². The van der Waals surface area contributed by atoms with Gasteiger partial charge >= 0.3 is 12.1 Å². The summed E-state index contributed by atoms with van der Waals surface area (Å²) in [5.74, 6) is -2.56. The van der Waals surface area contributed by atoms with Crippen molar-refractivity contribution >= 4 is 17.8 Å². The summed E-state index contributed by atoms with van der Waals surface area (Å²) in [6.07, 6.45) is 5.29. The summed E-state index contributed by atoms with van der Waals surface area (Å²) in [7, 11) is 0. The van der Waals surface area contributed by atoms with E-state index in [0.717, 1.165) is 32.1 Å². The van der Waals surface area contributed by atoms with E-state index in [1.807, 2.05) is 11.0 Å². The highest BCUT2D eigenvalue weighted by Crippen LogP contribution is 2.42. The van der Waals surface area contributed by atoms with E-state index in [1.165, 1.54) is 0 Å². The van der Waals surface area contributed by atoms with E-state index in [4.69, 9.17) is 9.90 Å². The number of rotatable bonds is 4. The molecule has 7 nitrogen and oxygen atoms in total. The molecule has 1 aliphatic heterocycles. The Labute approximate surface area is 172 Å². The van der Waals surface area contributed by atoms with Crippen molar-refractivity contribution < 1.29 is 32.7 Å². The monoisotopic (exact) mass is 427 g/mol. The molecular formula is C20H24F3N3O4. The van der Waals surface area contributed by atoms with Crippen LogP contribution in [-0.2, 0) is 9.59 Å². The number of likely N-dealkylation sites (tertiary alicyclic amines) is 1. The molecule has 0 aromatic carbocycles. The fraction of sp³-hybridized carbons (Fsp3) is 0.500. The van der Waals surface area contributed by atoms with Gasteiger partial charge in [0.2, 0.25) is 5.91 Å². The lowest BCUT2D eigenvalue weighted by Crippen LogP contribution is -2.51. The van der Waals surface area contributed by atoms with Gasteiger partial charge in [-0.1, -0.05) is 6.08 Å². The average molecular weight is 427 g/mol. The van der Waals surface area contributed by atoms with Crippen molar-refractivity contribution in [2.24, 2.45) is 0 Å². The predicted octanol–water partition coefficient (Wildman–Crippen LogP) is 2.93. The molecule has 1 saturated carbocycles. The third-order valence-electron chi connectivity index (χ3n) is 5.43. The maximum absolute atomic E-state index is 12.2. The second-order valence-corrected chi connectivity index (χ2v) is 7.30. The Bertz CT molecular complexity index is 775.